The van der Waals surface area contributed by atoms with E-state index in [0.717, 1.165) is 28.3 Å². The van der Waals surface area contributed by atoms with Crippen LogP contribution in [0.3, 0.4) is 0 Å². The van der Waals surface area contributed by atoms with Crippen LogP contribution in [0.5, 0.6) is 0 Å². The van der Waals surface area contributed by atoms with E-state index < -0.39 is 6.10 Å². The van der Waals surface area contributed by atoms with Crippen molar-refractivity contribution in [3.05, 3.63) is 77.6 Å². The van der Waals surface area contributed by atoms with Gasteiger partial charge in [0.05, 0.1) is 28.9 Å². The number of anilines is 1. The zero-order valence-electron chi connectivity index (χ0n) is 15.3. The van der Waals surface area contributed by atoms with Crippen molar-refractivity contribution >= 4 is 5.69 Å². The van der Waals surface area contributed by atoms with Crippen molar-refractivity contribution in [3.8, 4) is 5.69 Å². The Kier molecular flexibility index (Phi) is 5.71. The fourth-order valence-electron chi connectivity index (χ4n) is 3.14. The molecular formula is C21H26N4O. The van der Waals surface area contributed by atoms with Crippen molar-refractivity contribution in [2.45, 2.75) is 32.4 Å². The predicted octanol–water partition coefficient (Wildman–Crippen LogP) is 3.35. The van der Waals surface area contributed by atoms with Crippen LogP contribution in [0.4, 0.5) is 5.69 Å². The van der Waals surface area contributed by atoms with Gasteiger partial charge in [-0.15, -0.1) is 0 Å². The highest BCUT2D eigenvalue weighted by atomic mass is 16.3. The van der Waals surface area contributed by atoms with Crippen molar-refractivity contribution in [2.75, 3.05) is 11.9 Å². The lowest BCUT2D eigenvalue weighted by Gasteiger charge is -2.19. The third-order valence-corrected chi connectivity index (χ3v) is 4.62. The third-order valence-electron chi connectivity index (χ3n) is 4.62. The molecule has 2 atom stereocenters. The molecule has 0 aliphatic heterocycles. The molecule has 2 aromatic carbocycles. The topological polar surface area (TPSA) is 76.1 Å². The summed E-state index contributed by atoms with van der Waals surface area (Å²) in [7, 11) is 0. The van der Waals surface area contributed by atoms with Gasteiger partial charge in [0.2, 0.25) is 0 Å². The van der Waals surface area contributed by atoms with Gasteiger partial charge in [-0.1, -0.05) is 48.5 Å². The molecule has 4 N–H and O–H groups in total. The van der Waals surface area contributed by atoms with Crippen LogP contribution < -0.4 is 11.1 Å². The number of hydrogen-bond acceptors (Lipinski definition) is 4. The molecule has 1 aromatic heterocycles. The Morgan fingerprint density at radius 1 is 1.04 bits per heavy atom. The van der Waals surface area contributed by atoms with Gasteiger partial charge in [0, 0.05) is 12.6 Å². The largest absolute Gasteiger partial charge is 0.387 e. The maximum Gasteiger partial charge on any atom is 0.0941 e. The quantitative estimate of drug-likeness (QED) is 0.611. The second-order valence-electron chi connectivity index (χ2n) is 6.53. The summed E-state index contributed by atoms with van der Waals surface area (Å²) in [6.07, 6.45) is -0.00177. The van der Waals surface area contributed by atoms with Crippen molar-refractivity contribution in [1.29, 1.82) is 0 Å². The Bertz CT molecular complexity index is 830. The van der Waals surface area contributed by atoms with Crippen LogP contribution in [0.15, 0.2) is 60.7 Å². The molecule has 2 unspecified atom stereocenters. The molecule has 26 heavy (non-hydrogen) atoms. The van der Waals surface area contributed by atoms with Gasteiger partial charge >= 0.3 is 0 Å². The lowest BCUT2D eigenvalue weighted by atomic mass is 10.0. The van der Waals surface area contributed by atoms with Gasteiger partial charge < -0.3 is 16.2 Å². The molecule has 5 nitrogen and oxygen atoms in total. The maximum absolute atomic E-state index is 10.4. The first kappa shape index (κ1) is 18.2. The van der Waals surface area contributed by atoms with Crippen LogP contribution in [0.1, 0.15) is 29.5 Å². The molecule has 1 heterocycles. The summed E-state index contributed by atoms with van der Waals surface area (Å²) >= 11 is 0. The minimum Gasteiger partial charge on any atom is -0.387 e. The van der Waals surface area contributed by atoms with Crippen LogP contribution in [0.25, 0.3) is 5.69 Å². The Morgan fingerprint density at radius 3 is 2.31 bits per heavy atom. The normalized spacial score (nSPS) is 13.4. The maximum atomic E-state index is 10.4. The summed E-state index contributed by atoms with van der Waals surface area (Å²) < 4.78 is 1.94. The van der Waals surface area contributed by atoms with E-state index in [4.69, 9.17) is 5.73 Å². The summed E-state index contributed by atoms with van der Waals surface area (Å²) in [4.78, 5) is 0. The average molecular weight is 350 g/mol. The second-order valence-corrected chi connectivity index (χ2v) is 6.53. The number of nitrogens with two attached hydrogens (primary N) is 1. The predicted molar refractivity (Wildman–Crippen MR) is 106 cm³/mol. The first-order chi connectivity index (χ1) is 12.6. The smallest absolute Gasteiger partial charge is 0.0941 e. The van der Waals surface area contributed by atoms with Gasteiger partial charge in [-0.3, -0.25) is 0 Å². The Labute approximate surface area is 154 Å². The van der Waals surface area contributed by atoms with E-state index in [1.54, 1.807) is 0 Å². The standard InChI is InChI=1S/C21H26N4O/c1-15-20(16(2)25(24-15)18-11-7-4-8-12-18)23-14-13-19(22)21(26)17-9-5-3-6-10-17/h3-12,19,21,23,26H,13-14,22H2,1-2H3. The molecule has 0 bridgehead atoms. The lowest BCUT2D eigenvalue weighted by molar-refractivity contribution is 0.143. The molecule has 0 saturated carbocycles. The highest BCUT2D eigenvalue weighted by Crippen LogP contribution is 2.23. The van der Waals surface area contributed by atoms with E-state index in [2.05, 4.69) is 10.4 Å². The summed E-state index contributed by atoms with van der Waals surface area (Å²) in [5.74, 6) is 0. The summed E-state index contributed by atoms with van der Waals surface area (Å²) in [6, 6.07) is 19.3. The van der Waals surface area contributed by atoms with Crippen LogP contribution in [-0.2, 0) is 0 Å². The number of hydrogen-bond donors (Lipinski definition) is 3. The number of aromatic nitrogens is 2. The van der Waals surface area contributed by atoms with E-state index in [1.165, 1.54) is 0 Å². The van der Waals surface area contributed by atoms with Crippen molar-refractivity contribution < 1.29 is 5.11 Å². The molecule has 136 valence electrons. The van der Waals surface area contributed by atoms with Gasteiger partial charge in [0.25, 0.3) is 0 Å². The monoisotopic (exact) mass is 350 g/mol. The van der Waals surface area contributed by atoms with Gasteiger partial charge in [0.15, 0.2) is 0 Å². The lowest BCUT2D eigenvalue weighted by Crippen LogP contribution is -2.30. The molecule has 3 aromatic rings. The minimum atomic E-state index is -0.660. The summed E-state index contributed by atoms with van der Waals surface area (Å²) in [5, 5.41) is 18.4. The first-order valence-corrected chi connectivity index (χ1v) is 8.92. The number of rotatable bonds is 7. The molecule has 5 heteroatoms. The fourth-order valence-corrected chi connectivity index (χ4v) is 3.14. The Hall–Kier alpha value is -2.63. The number of nitrogens with zero attached hydrogens (tertiary/aromatic N) is 2. The number of aryl methyl sites for hydroxylation is 1. The number of para-hydroxylation sites is 1. The van der Waals surface area contributed by atoms with Gasteiger partial charge in [0.1, 0.15) is 0 Å². The third kappa shape index (κ3) is 3.95. The number of aliphatic hydroxyl groups excluding tert-OH is 1. The van der Waals surface area contributed by atoms with Crippen LogP contribution >= 0.6 is 0 Å². The summed E-state index contributed by atoms with van der Waals surface area (Å²) in [6.45, 7) is 4.72. The molecule has 0 fully saturated rings. The minimum absolute atomic E-state index is 0.324. The van der Waals surface area contributed by atoms with Gasteiger partial charge in [-0.25, -0.2) is 4.68 Å². The van der Waals surface area contributed by atoms with Crippen molar-refractivity contribution in [2.24, 2.45) is 5.73 Å². The van der Waals surface area contributed by atoms with Crippen molar-refractivity contribution in [3.63, 3.8) is 0 Å². The molecule has 3 rings (SSSR count). The first-order valence-electron chi connectivity index (χ1n) is 8.92. The second kappa shape index (κ2) is 8.17. The van der Waals surface area contributed by atoms with Crippen LogP contribution in [0.2, 0.25) is 0 Å². The zero-order chi connectivity index (χ0) is 18.5. The zero-order valence-corrected chi connectivity index (χ0v) is 15.3. The van der Waals surface area contributed by atoms with E-state index in [-0.39, 0.29) is 6.04 Å². The summed E-state index contributed by atoms with van der Waals surface area (Å²) in [5.41, 5.74) is 11.1. The Balaban J connectivity index is 1.63. The van der Waals surface area contributed by atoms with Crippen LogP contribution in [-0.4, -0.2) is 27.5 Å². The molecule has 0 spiro atoms. The van der Waals surface area contributed by atoms with E-state index >= 15 is 0 Å². The molecular weight excluding hydrogens is 324 g/mol. The SMILES string of the molecule is Cc1nn(-c2ccccc2)c(C)c1NCCC(N)C(O)c1ccccc1. The number of benzene rings is 2. The number of nitrogens with one attached hydrogen (secondary N) is 1. The van der Waals surface area contributed by atoms with Gasteiger partial charge in [-0.05, 0) is 38.0 Å². The van der Waals surface area contributed by atoms with Crippen molar-refractivity contribution in [1.82, 2.24) is 9.78 Å². The fraction of sp³-hybridized carbons (Fsp3) is 0.286. The van der Waals surface area contributed by atoms with Gasteiger partial charge in [-0.2, -0.15) is 5.10 Å². The molecule has 0 aliphatic rings. The molecule has 0 saturated heterocycles. The molecule has 0 amide bonds. The Morgan fingerprint density at radius 2 is 1.65 bits per heavy atom. The van der Waals surface area contributed by atoms with E-state index in [1.807, 2.05) is 79.2 Å². The highest BCUT2D eigenvalue weighted by molar-refractivity contribution is 5.54. The van der Waals surface area contributed by atoms with Crippen LogP contribution in [0, 0.1) is 13.8 Å². The molecule has 0 aliphatic carbocycles. The number of aliphatic hydroxyl groups is 1. The highest BCUT2D eigenvalue weighted by Gasteiger charge is 2.17. The molecule has 0 radical (unpaired) electrons. The van der Waals surface area contributed by atoms with E-state index in [9.17, 15) is 5.11 Å². The van der Waals surface area contributed by atoms with E-state index in [0.29, 0.717) is 13.0 Å². The average Bonchev–Trinajstić information content (AvgIpc) is 2.97.